The molecule has 0 radical (unpaired) electrons. The molecule has 0 fully saturated rings. The van der Waals surface area contributed by atoms with Crippen molar-refractivity contribution in [2.45, 2.75) is 11.8 Å². The number of carboxylic acids is 1. The van der Waals surface area contributed by atoms with Crippen LogP contribution in [0.15, 0.2) is 108 Å². The van der Waals surface area contributed by atoms with Gasteiger partial charge in [-0.1, -0.05) is 42.5 Å². The van der Waals surface area contributed by atoms with Gasteiger partial charge in [0.05, 0.1) is 11.3 Å². The smallest absolute Gasteiger partial charge is 0.335 e. The van der Waals surface area contributed by atoms with Gasteiger partial charge in [-0.15, -0.1) is 11.8 Å². The number of carbonyl (C=O) groups excluding carboxylic acids is 3. The number of anilines is 2. The molecule has 0 aliphatic rings. The van der Waals surface area contributed by atoms with E-state index in [1.807, 2.05) is 0 Å². The van der Waals surface area contributed by atoms with Gasteiger partial charge in [-0.05, 0) is 78.7 Å². The molecule has 0 heterocycles. The highest BCUT2D eigenvalue weighted by Crippen LogP contribution is 2.23. The van der Waals surface area contributed by atoms with E-state index in [2.05, 4.69) is 16.0 Å². The van der Waals surface area contributed by atoms with Crippen LogP contribution in [0.3, 0.4) is 0 Å². The number of aromatic carboxylic acids is 1. The summed E-state index contributed by atoms with van der Waals surface area (Å²) in [7, 11) is 0. The third kappa shape index (κ3) is 8.39. The van der Waals surface area contributed by atoms with Crippen LogP contribution in [-0.4, -0.2) is 34.6 Å². The second-order valence-electron chi connectivity index (χ2n) is 9.08. The van der Waals surface area contributed by atoms with E-state index in [0.29, 0.717) is 27.4 Å². The molecule has 0 saturated carbocycles. The fraction of sp³-hybridized carbons (Fsp3) is 0.0625. The minimum Gasteiger partial charge on any atom is -0.478 e. The highest BCUT2D eigenvalue weighted by molar-refractivity contribution is 8.00. The van der Waals surface area contributed by atoms with Gasteiger partial charge in [0.1, 0.15) is 11.5 Å². The highest BCUT2D eigenvalue weighted by atomic mass is 32.2. The van der Waals surface area contributed by atoms with Crippen LogP contribution in [-0.2, 0) is 9.59 Å². The fourth-order valence-electron chi connectivity index (χ4n) is 3.76. The molecular weight excluding hydrogens is 557 g/mol. The molecule has 0 aliphatic heterocycles. The summed E-state index contributed by atoms with van der Waals surface area (Å²) in [6.45, 7) is 1.77. The van der Waals surface area contributed by atoms with Gasteiger partial charge in [-0.2, -0.15) is 0 Å². The predicted molar refractivity (Wildman–Crippen MR) is 161 cm³/mol. The Bertz CT molecular complexity index is 1660. The maximum Gasteiger partial charge on any atom is 0.335 e. The topological polar surface area (TPSA) is 125 Å². The van der Waals surface area contributed by atoms with Crippen molar-refractivity contribution < 1.29 is 28.7 Å². The Morgan fingerprint density at radius 1 is 0.833 bits per heavy atom. The van der Waals surface area contributed by atoms with Gasteiger partial charge in [-0.3, -0.25) is 14.4 Å². The molecule has 0 saturated heterocycles. The molecule has 0 aliphatic carbocycles. The van der Waals surface area contributed by atoms with Crippen molar-refractivity contribution in [1.29, 1.82) is 0 Å². The van der Waals surface area contributed by atoms with Gasteiger partial charge >= 0.3 is 5.97 Å². The standard InChI is InChI=1S/C32H26FN3O5S/c1-20-10-13-23(32(40)41)17-27(20)35-29(37)19-42-26-9-5-8-25(18-26)34-31(39)28(16-21-11-14-24(33)15-12-21)36-30(38)22-6-3-2-4-7-22/h2-18H,19H2,1H3,(H,34,39)(H,35,37)(H,36,38)(H,40,41)/b28-16+. The summed E-state index contributed by atoms with van der Waals surface area (Å²) in [4.78, 5) is 50.6. The summed E-state index contributed by atoms with van der Waals surface area (Å²) in [6, 6.07) is 25.2. The molecule has 0 bridgehead atoms. The lowest BCUT2D eigenvalue weighted by Crippen LogP contribution is -2.30. The SMILES string of the molecule is Cc1ccc(C(=O)O)cc1NC(=O)CSc1cccc(NC(=O)/C(=C\c2ccc(F)cc2)NC(=O)c2ccccc2)c1. The molecule has 42 heavy (non-hydrogen) atoms. The Balaban J connectivity index is 1.44. The Kier molecular flexibility index (Phi) is 9.85. The Morgan fingerprint density at radius 2 is 1.57 bits per heavy atom. The average Bonchev–Trinajstić information content (AvgIpc) is 2.98. The molecule has 4 rings (SSSR count). The van der Waals surface area contributed by atoms with Gasteiger partial charge in [0, 0.05) is 21.8 Å². The first-order valence-corrected chi connectivity index (χ1v) is 13.7. The second-order valence-corrected chi connectivity index (χ2v) is 10.1. The van der Waals surface area contributed by atoms with Gasteiger partial charge in [0.25, 0.3) is 11.8 Å². The summed E-state index contributed by atoms with van der Waals surface area (Å²) >= 11 is 1.23. The predicted octanol–water partition coefficient (Wildman–Crippen LogP) is 5.97. The lowest BCUT2D eigenvalue weighted by atomic mass is 10.1. The molecule has 212 valence electrons. The monoisotopic (exact) mass is 583 g/mol. The number of nitrogens with one attached hydrogen (secondary N) is 3. The van der Waals surface area contributed by atoms with E-state index in [4.69, 9.17) is 0 Å². The van der Waals surface area contributed by atoms with Crippen LogP contribution in [0.2, 0.25) is 0 Å². The van der Waals surface area contributed by atoms with Crippen LogP contribution in [0.1, 0.15) is 31.8 Å². The van der Waals surface area contributed by atoms with Gasteiger partial charge in [0.15, 0.2) is 0 Å². The number of hydrogen-bond acceptors (Lipinski definition) is 5. The minimum atomic E-state index is -1.09. The number of benzene rings is 4. The Hall–Kier alpha value is -5.22. The first kappa shape index (κ1) is 29.8. The van der Waals surface area contributed by atoms with Crippen LogP contribution >= 0.6 is 11.8 Å². The van der Waals surface area contributed by atoms with Gasteiger partial charge in [0.2, 0.25) is 5.91 Å². The van der Waals surface area contributed by atoms with E-state index in [0.717, 1.165) is 5.56 Å². The highest BCUT2D eigenvalue weighted by Gasteiger charge is 2.16. The second kappa shape index (κ2) is 13.9. The van der Waals surface area contributed by atoms with E-state index in [1.165, 1.54) is 54.2 Å². The van der Waals surface area contributed by atoms with Crippen LogP contribution in [0.5, 0.6) is 0 Å². The van der Waals surface area contributed by atoms with Crippen molar-refractivity contribution in [3.8, 4) is 0 Å². The Morgan fingerprint density at radius 3 is 2.29 bits per heavy atom. The zero-order chi connectivity index (χ0) is 30.1. The molecule has 0 atom stereocenters. The number of carboxylic acid groups (broad SMARTS) is 1. The van der Waals surface area contributed by atoms with E-state index in [9.17, 15) is 28.7 Å². The molecular formula is C32H26FN3O5S. The third-order valence-corrected chi connectivity index (χ3v) is 6.92. The molecule has 4 aromatic carbocycles. The summed E-state index contributed by atoms with van der Waals surface area (Å²) in [5, 5.41) is 17.3. The molecule has 4 N–H and O–H groups in total. The number of rotatable bonds is 10. The first-order valence-electron chi connectivity index (χ1n) is 12.7. The van der Waals surface area contributed by atoms with E-state index in [-0.39, 0.29) is 22.9 Å². The number of carbonyl (C=O) groups is 4. The maximum absolute atomic E-state index is 13.4. The molecule has 4 aromatic rings. The van der Waals surface area contributed by atoms with Crippen LogP contribution in [0.25, 0.3) is 6.08 Å². The summed E-state index contributed by atoms with van der Waals surface area (Å²) in [6.07, 6.45) is 1.44. The first-order chi connectivity index (χ1) is 20.2. The van der Waals surface area contributed by atoms with Crippen molar-refractivity contribution in [3.63, 3.8) is 0 Å². The number of hydrogen-bond donors (Lipinski definition) is 4. The van der Waals surface area contributed by atoms with Crippen molar-refractivity contribution >= 4 is 52.9 Å². The number of amides is 3. The van der Waals surface area contributed by atoms with Crippen molar-refractivity contribution in [2.24, 2.45) is 0 Å². The van der Waals surface area contributed by atoms with Crippen molar-refractivity contribution in [2.75, 3.05) is 16.4 Å². The summed E-state index contributed by atoms with van der Waals surface area (Å²) in [5.41, 5.74) is 2.46. The quantitative estimate of drug-likeness (QED) is 0.135. The molecule has 3 amide bonds. The van der Waals surface area contributed by atoms with Gasteiger partial charge < -0.3 is 21.1 Å². The molecule has 0 spiro atoms. The van der Waals surface area contributed by atoms with E-state index < -0.39 is 23.6 Å². The average molecular weight is 584 g/mol. The lowest BCUT2D eigenvalue weighted by Gasteiger charge is -2.12. The van der Waals surface area contributed by atoms with Crippen molar-refractivity contribution in [1.82, 2.24) is 5.32 Å². The molecule has 0 aromatic heterocycles. The fourth-order valence-corrected chi connectivity index (χ4v) is 4.51. The van der Waals surface area contributed by atoms with Crippen LogP contribution in [0.4, 0.5) is 15.8 Å². The van der Waals surface area contributed by atoms with E-state index >= 15 is 0 Å². The van der Waals surface area contributed by atoms with Crippen LogP contribution in [0, 0.1) is 12.7 Å². The third-order valence-electron chi connectivity index (χ3n) is 5.93. The largest absolute Gasteiger partial charge is 0.478 e. The molecule has 0 unspecified atom stereocenters. The minimum absolute atomic E-state index is 0.0387. The Labute approximate surface area is 245 Å². The number of thioether (sulfide) groups is 1. The normalized spacial score (nSPS) is 11.0. The zero-order valence-electron chi connectivity index (χ0n) is 22.4. The van der Waals surface area contributed by atoms with Gasteiger partial charge in [-0.25, -0.2) is 9.18 Å². The number of halogens is 1. The van der Waals surface area contributed by atoms with E-state index in [1.54, 1.807) is 67.6 Å². The molecule has 8 nitrogen and oxygen atoms in total. The van der Waals surface area contributed by atoms with Crippen molar-refractivity contribution in [3.05, 3.63) is 131 Å². The van der Waals surface area contributed by atoms with Crippen LogP contribution < -0.4 is 16.0 Å². The number of aryl methyl sites for hydroxylation is 1. The molecule has 10 heteroatoms. The lowest BCUT2D eigenvalue weighted by molar-refractivity contribution is -0.114. The summed E-state index contributed by atoms with van der Waals surface area (Å²) in [5.74, 6) is -2.90. The zero-order valence-corrected chi connectivity index (χ0v) is 23.2. The maximum atomic E-state index is 13.4. The summed E-state index contributed by atoms with van der Waals surface area (Å²) < 4.78 is 13.4.